The van der Waals surface area contributed by atoms with Crippen molar-refractivity contribution in [2.45, 2.75) is 39.7 Å². The highest BCUT2D eigenvalue weighted by Gasteiger charge is 2.31. The van der Waals surface area contributed by atoms with Gasteiger partial charge in [-0.05, 0) is 50.5 Å². The summed E-state index contributed by atoms with van der Waals surface area (Å²) in [5.74, 6) is 2.82. The van der Waals surface area contributed by atoms with Crippen LogP contribution in [0.15, 0.2) is 42.7 Å². The summed E-state index contributed by atoms with van der Waals surface area (Å²) in [6.45, 7) is 8.06. The third-order valence-electron chi connectivity index (χ3n) is 7.51. The molecule has 0 atom stereocenters. The van der Waals surface area contributed by atoms with Gasteiger partial charge in [0, 0.05) is 62.2 Å². The number of imidazole rings is 1. The average molecular weight is 497 g/mol. The van der Waals surface area contributed by atoms with Gasteiger partial charge in [-0.25, -0.2) is 19.9 Å². The fraction of sp³-hybridized carbons (Fsp3) is 0.393. The molecular weight excluding hydrogens is 464 g/mol. The van der Waals surface area contributed by atoms with Gasteiger partial charge >= 0.3 is 0 Å². The second-order valence-corrected chi connectivity index (χ2v) is 10.1. The lowest BCUT2D eigenvalue weighted by atomic mass is 9.84. The standard InChI is InChI=1S/C28H32N8O/c1-18-16-30-19(2)31-25(18)21-8-9-23-24(15-21)33-28(32-23)34-26-22(7-4-10-29-26)17-35-11-13-36(14-12-35)27(37)20-5-3-6-20/h4,7-10,15-16,20H,3,5-6,11-14,17H2,1-2H3,(H2,29,32,33,34). The number of pyridine rings is 1. The van der Waals surface area contributed by atoms with Gasteiger partial charge in [-0.2, -0.15) is 0 Å². The number of nitrogens with one attached hydrogen (secondary N) is 2. The van der Waals surface area contributed by atoms with Gasteiger partial charge in [-0.3, -0.25) is 9.69 Å². The monoisotopic (exact) mass is 496 g/mol. The predicted octanol–water partition coefficient (Wildman–Crippen LogP) is 4.22. The van der Waals surface area contributed by atoms with E-state index in [0.29, 0.717) is 11.9 Å². The van der Waals surface area contributed by atoms with Crippen molar-refractivity contribution < 1.29 is 4.79 Å². The van der Waals surface area contributed by atoms with Crippen molar-refractivity contribution in [2.75, 3.05) is 31.5 Å². The maximum atomic E-state index is 12.6. The fourth-order valence-electron chi connectivity index (χ4n) is 5.11. The van der Waals surface area contributed by atoms with E-state index >= 15 is 0 Å². The van der Waals surface area contributed by atoms with Crippen LogP contribution in [-0.2, 0) is 11.3 Å². The fourth-order valence-corrected chi connectivity index (χ4v) is 5.11. The summed E-state index contributed by atoms with van der Waals surface area (Å²) in [5.41, 5.74) is 5.91. The van der Waals surface area contributed by atoms with E-state index < -0.39 is 0 Å². The largest absolute Gasteiger partial charge is 0.340 e. The number of nitrogens with zero attached hydrogens (tertiary/aromatic N) is 6. The first-order valence-electron chi connectivity index (χ1n) is 13.1. The molecule has 37 heavy (non-hydrogen) atoms. The van der Waals surface area contributed by atoms with Gasteiger partial charge in [0.2, 0.25) is 11.9 Å². The van der Waals surface area contributed by atoms with E-state index in [1.54, 1.807) is 6.20 Å². The maximum Gasteiger partial charge on any atom is 0.225 e. The molecule has 1 aliphatic heterocycles. The number of fused-ring (bicyclic) bond motifs is 1. The summed E-state index contributed by atoms with van der Waals surface area (Å²) in [4.78, 5) is 38.7. The number of rotatable bonds is 6. The molecule has 0 radical (unpaired) electrons. The van der Waals surface area contributed by atoms with E-state index in [-0.39, 0.29) is 5.92 Å². The predicted molar refractivity (Wildman–Crippen MR) is 143 cm³/mol. The number of carbonyl (C=O) groups is 1. The molecule has 1 amide bonds. The van der Waals surface area contributed by atoms with Crippen molar-refractivity contribution in [2.24, 2.45) is 5.92 Å². The van der Waals surface area contributed by atoms with Crippen LogP contribution in [0.2, 0.25) is 0 Å². The molecule has 9 heteroatoms. The number of amides is 1. The third kappa shape index (κ3) is 4.91. The zero-order valence-corrected chi connectivity index (χ0v) is 21.4. The Bertz CT molecular complexity index is 1440. The van der Waals surface area contributed by atoms with Crippen molar-refractivity contribution in [3.63, 3.8) is 0 Å². The van der Waals surface area contributed by atoms with Crippen molar-refractivity contribution in [1.82, 2.24) is 34.7 Å². The Kier molecular flexibility index (Phi) is 6.30. The van der Waals surface area contributed by atoms with Crippen molar-refractivity contribution in [3.05, 3.63) is 59.7 Å². The molecule has 6 rings (SSSR count). The summed E-state index contributed by atoms with van der Waals surface area (Å²) in [6.07, 6.45) is 6.97. The number of aryl methyl sites for hydroxylation is 2. The van der Waals surface area contributed by atoms with Gasteiger partial charge in [0.25, 0.3) is 0 Å². The zero-order valence-electron chi connectivity index (χ0n) is 21.4. The number of aromatic amines is 1. The quantitative estimate of drug-likeness (QED) is 0.412. The first-order chi connectivity index (χ1) is 18.0. The lowest BCUT2D eigenvalue weighted by Crippen LogP contribution is -2.50. The molecule has 190 valence electrons. The van der Waals surface area contributed by atoms with Crippen LogP contribution in [0.25, 0.3) is 22.3 Å². The summed E-state index contributed by atoms with van der Waals surface area (Å²) < 4.78 is 0. The van der Waals surface area contributed by atoms with E-state index in [0.717, 1.165) is 90.6 Å². The second-order valence-electron chi connectivity index (χ2n) is 10.1. The molecule has 1 aromatic carbocycles. The lowest BCUT2D eigenvalue weighted by Gasteiger charge is -2.38. The first-order valence-corrected chi connectivity index (χ1v) is 13.1. The normalized spacial score (nSPS) is 16.6. The van der Waals surface area contributed by atoms with Crippen molar-refractivity contribution in [1.29, 1.82) is 0 Å². The SMILES string of the molecule is Cc1ncc(C)c(-c2ccc3nc(Nc4ncccc4CN4CCN(C(=O)C5CCC5)CC4)[nH]c3c2)n1. The molecule has 4 aromatic rings. The topological polar surface area (TPSA) is 103 Å². The number of hydrogen-bond donors (Lipinski definition) is 2. The van der Waals surface area contributed by atoms with Crippen LogP contribution in [-0.4, -0.2) is 66.8 Å². The minimum Gasteiger partial charge on any atom is -0.340 e. The maximum absolute atomic E-state index is 12.6. The molecule has 1 saturated carbocycles. The Morgan fingerprint density at radius 1 is 1.08 bits per heavy atom. The number of carbonyl (C=O) groups excluding carboxylic acids is 1. The Labute approximate surface area is 216 Å². The summed E-state index contributed by atoms with van der Waals surface area (Å²) in [5, 5.41) is 3.39. The van der Waals surface area contributed by atoms with Gasteiger partial charge in [0.15, 0.2) is 0 Å². The molecule has 4 heterocycles. The van der Waals surface area contributed by atoms with E-state index in [1.807, 2.05) is 38.2 Å². The van der Waals surface area contributed by atoms with Crippen LogP contribution < -0.4 is 5.32 Å². The molecule has 0 unspecified atom stereocenters. The summed E-state index contributed by atoms with van der Waals surface area (Å²) in [6, 6.07) is 10.2. The zero-order chi connectivity index (χ0) is 25.4. The number of piperazine rings is 1. The highest BCUT2D eigenvalue weighted by Crippen LogP contribution is 2.29. The van der Waals surface area contributed by atoms with Crippen molar-refractivity contribution in [3.8, 4) is 11.3 Å². The van der Waals surface area contributed by atoms with Crippen LogP contribution >= 0.6 is 0 Å². The molecule has 0 spiro atoms. The van der Waals surface area contributed by atoms with E-state index in [4.69, 9.17) is 4.98 Å². The molecule has 2 N–H and O–H groups in total. The lowest BCUT2D eigenvalue weighted by molar-refractivity contribution is -0.140. The van der Waals surface area contributed by atoms with E-state index in [2.05, 4.69) is 47.2 Å². The highest BCUT2D eigenvalue weighted by atomic mass is 16.2. The first kappa shape index (κ1) is 23.5. The molecule has 1 aliphatic carbocycles. The van der Waals surface area contributed by atoms with E-state index in [1.165, 1.54) is 6.42 Å². The van der Waals surface area contributed by atoms with Crippen LogP contribution in [0.4, 0.5) is 11.8 Å². The Morgan fingerprint density at radius 3 is 2.70 bits per heavy atom. The van der Waals surface area contributed by atoms with Gasteiger partial charge in [-0.15, -0.1) is 0 Å². The van der Waals surface area contributed by atoms with E-state index in [9.17, 15) is 4.79 Å². The number of benzene rings is 1. The van der Waals surface area contributed by atoms with Gasteiger partial charge in [-0.1, -0.05) is 18.6 Å². The second kappa shape index (κ2) is 9.89. The number of H-pyrrole nitrogens is 1. The molecule has 2 fully saturated rings. The Morgan fingerprint density at radius 2 is 1.92 bits per heavy atom. The number of hydrogen-bond acceptors (Lipinski definition) is 7. The van der Waals surface area contributed by atoms with Crippen molar-refractivity contribution >= 4 is 28.7 Å². The number of aromatic nitrogens is 5. The Hall–Kier alpha value is -3.85. The summed E-state index contributed by atoms with van der Waals surface area (Å²) >= 11 is 0. The molecule has 9 nitrogen and oxygen atoms in total. The van der Waals surface area contributed by atoms with Crippen LogP contribution in [0.5, 0.6) is 0 Å². The van der Waals surface area contributed by atoms with Gasteiger partial charge in [0.1, 0.15) is 11.6 Å². The minimum absolute atomic E-state index is 0.273. The van der Waals surface area contributed by atoms with Crippen LogP contribution in [0, 0.1) is 19.8 Å². The average Bonchev–Trinajstić information content (AvgIpc) is 3.27. The molecule has 3 aromatic heterocycles. The minimum atomic E-state index is 0.273. The molecular formula is C28H32N8O. The van der Waals surface area contributed by atoms with Crippen LogP contribution in [0.1, 0.15) is 36.2 Å². The highest BCUT2D eigenvalue weighted by molar-refractivity contribution is 5.84. The van der Waals surface area contributed by atoms with Gasteiger partial charge in [0.05, 0.1) is 16.7 Å². The third-order valence-corrected chi connectivity index (χ3v) is 7.51. The number of anilines is 2. The summed E-state index contributed by atoms with van der Waals surface area (Å²) in [7, 11) is 0. The molecule has 1 saturated heterocycles. The Balaban J connectivity index is 1.15. The molecule has 2 aliphatic rings. The van der Waals surface area contributed by atoms with Gasteiger partial charge < -0.3 is 15.2 Å². The van der Waals surface area contributed by atoms with Crippen LogP contribution in [0.3, 0.4) is 0 Å². The molecule has 0 bridgehead atoms. The smallest absolute Gasteiger partial charge is 0.225 e.